The summed E-state index contributed by atoms with van der Waals surface area (Å²) in [4.78, 5) is 0.985. The summed E-state index contributed by atoms with van der Waals surface area (Å²) in [5, 5.41) is 77.0. The monoisotopic (exact) mass is 765 g/mol. The Morgan fingerprint density at radius 2 is 1.15 bits per heavy atom. The number of azo groups is 3. The number of nitrogens with zero attached hydrogens (tertiary/aromatic N) is 6. The van der Waals surface area contributed by atoms with Crippen molar-refractivity contribution in [3.05, 3.63) is 120 Å². The first-order valence-electron chi connectivity index (χ1n) is 15.9. The first-order chi connectivity index (χ1) is 26.2. The van der Waals surface area contributed by atoms with Gasteiger partial charge in [-0.3, -0.25) is 0 Å². The van der Waals surface area contributed by atoms with Crippen molar-refractivity contribution >= 4 is 80.4 Å². The summed E-state index contributed by atoms with van der Waals surface area (Å²) in [6, 6.07) is 30.4. The van der Waals surface area contributed by atoms with Crippen molar-refractivity contribution < 1.29 is 39.5 Å². The number of para-hydroxylation sites is 1. The van der Waals surface area contributed by atoms with Crippen LogP contribution >= 0.6 is 24.1 Å². The molecular weight excluding hydrogens is 735 g/mol. The third-order valence-electron chi connectivity index (χ3n) is 7.87. The van der Waals surface area contributed by atoms with Crippen LogP contribution in [0, 0.1) is 20.8 Å². The minimum Gasteiger partial charge on any atom is -0.506 e. The molecule has 0 amide bonds. The topological polar surface area (TPSA) is 204 Å². The lowest BCUT2D eigenvalue weighted by molar-refractivity contribution is -0.432. The molecule has 0 fully saturated rings. The highest BCUT2D eigenvalue weighted by molar-refractivity contribution is 7.94. The molecule has 6 aromatic rings. The second-order valence-corrected chi connectivity index (χ2v) is 13.1. The molecule has 0 aromatic heterocycles. The third-order valence-corrected chi connectivity index (χ3v) is 9.08. The number of phenols is 2. The van der Waals surface area contributed by atoms with Gasteiger partial charge in [-0.2, -0.15) is 20.5 Å². The zero-order chi connectivity index (χ0) is 38.0. The second kappa shape index (κ2) is 17.8. The van der Waals surface area contributed by atoms with Crippen LogP contribution in [0.4, 0.5) is 45.5 Å². The molecule has 0 unspecified atom stereocenters. The third kappa shape index (κ3) is 9.42. The fourth-order valence-corrected chi connectivity index (χ4v) is 5.99. The number of fused-ring (bicyclic) bond motifs is 1. The molecule has 0 aliphatic heterocycles. The van der Waals surface area contributed by atoms with E-state index in [2.05, 4.69) is 54.7 Å². The zero-order valence-corrected chi connectivity index (χ0v) is 30.4. The number of aryl methyl sites for hydroxylation is 3. The Bertz CT molecular complexity index is 2360. The molecule has 0 radical (unpaired) electrons. The first kappa shape index (κ1) is 38.0. The van der Waals surface area contributed by atoms with Crippen LogP contribution in [0.5, 0.6) is 11.5 Å². The number of hydrogen-bond donors (Lipinski definition) is 5. The fraction of sp³-hybridized carbons (Fsp3) is 0.0811. The van der Waals surface area contributed by atoms with E-state index in [4.69, 9.17) is 10.5 Å². The Balaban J connectivity index is 1.20. The number of nitrogens with one attached hydrogen (secondary N) is 1. The molecule has 0 saturated carbocycles. The molecule has 6 aromatic carbocycles. The highest BCUT2D eigenvalue weighted by Gasteiger charge is 2.16. The van der Waals surface area contributed by atoms with Crippen molar-refractivity contribution in [1.29, 1.82) is 0 Å². The lowest BCUT2D eigenvalue weighted by Crippen LogP contribution is -1.90. The molecule has 6 rings (SSSR count). The highest BCUT2D eigenvalue weighted by atomic mass is 32.2. The van der Waals surface area contributed by atoms with E-state index < -0.39 is 0 Å². The molecule has 0 aliphatic carbocycles. The lowest BCUT2D eigenvalue weighted by Gasteiger charge is -2.12. The molecule has 0 saturated heterocycles. The van der Waals surface area contributed by atoms with E-state index >= 15 is 0 Å². The largest absolute Gasteiger partial charge is 0.506 e. The zero-order valence-electron chi connectivity index (χ0n) is 28.7. The maximum Gasteiger partial charge on any atom is 0.152 e. The van der Waals surface area contributed by atoms with E-state index in [0.717, 1.165) is 34.5 Å². The summed E-state index contributed by atoms with van der Waals surface area (Å²) in [7, 11) is 0. The van der Waals surface area contributed by atoms with Crippen LogP contribution in [0.25, 0.3) is 10.8 Å². The Labute approximate surface area is 316 Å². The van der Waals surface area contributed by atoms with Crippen LogP contribution in [0.2, 0.25) is 0 Å². The average molecular weight is 766 g/mol. The number of phenolic OH excluding ortho intramolecular Hbond substituents is 2. The molecule has 17 heteroatoms. The van der Waals surface area contributed by atoms with Gasteiger partial charge in [0.15, 0.2) is 5.75 Å². The van der Waals surface area contributed by atoms with Crippen molar-refractivity contribution in [3.63, 3.8) is 0 Å². The molecule has 0 heterocycles. The number of anilines is 2. The van der Waals surface area contributed by atoms with Gasteiger partial charge in [0.2, 0.25) is 0 Å². The van der Waals surface area contributed by atoms with Crippen molar-refractivity contribution in [2.24, 2.45) is 30.7 Å². The standard InChI is InChI=1S/C37H31N7O8S2/c1-21-16-31(22(2)15-30(21)40-39-26-9-12-28(13-10-26)53-51-49-47)41-42-32-20-34(45)33(17-23(32)3)43-44-36-35(54-52-50-48)19-24-18-27(11-14-29(24)37(36)46)38-25-7-5-4-6-8-25/h4-20,38,45-48H,1-3H3. The van der Waals surface area contributed by atoms with Gasteiger partial charge in [0.25, 0.3) is 0 Å². The van der Waals surface area contributed by atoms with Crippen LogP contribution in [0.3, 0.4) is 0 Å². The summed E-state index contributed by atoms with van der Waals surface area (Å²) in [5.41, 5.74) is 6.38. The molecule has 15 nitrogen and oxygen atoms in total. The molecule has 54 heavy (non-hydrogen) atoms. The van der Waals surface area contributed by atoms with Crippen LogP contribution in [0.15, 0.2) is 144 Å². The molecule has 274 valence electrons. The summed E-state index contributed by atoms with van der Waals surface area (Å²) in [6.45, 7) is 5.55. The van der Waals surface area contributed by atoms with Crippen molar-refractivity contribution in [2.75, 3.05) is 5.32 Å². The predicted octanol–water partition coefficient (Wildman–Crippen LogP) is 13.0. The van der Waals surface area contributed by atoms with Crippen molar-refractivity contribution in [2.45, 2.75) is 30.6 Å². The van der Waals surface area contributed by atoms with Crippen LogP contribution in [-0.2, 0) is 18.7 Å². The summed E-state index contributed by atoms with van der Waals surface area (Å²) in [6.07, 6.45) is 0. The Morgan fingerprint density at radius 3 is 1.81 bits per heavy atom. The summed E-state index contributed by atoms with van der Waals surface area (Å²) < 4.78 is 9.10. The van der Waals surface area contributed by atoms with Crippen molar-refractivity contribution in [1.82, 2.24) is 0 Å². The maximum atomic E-state index is 11.2. The van der Waals surface area contributed by atoms with E-state index in [9.17, 15) is 10.2 Å². The maximum absolute atomic E-state index is 11.2. The number of hydrogen-bond acceptors (Lipinski definition) is 17. The lowest BCUT2D eigenvalue weighted by atomic mass is 10.1. The molecule has 5 N–H and O–H groups in total. The average Bonchev–Trinajstić information content (AvgIpc) is 3.17. The van der Waals surface area contributed by atoms with E-state index in [1.165, 1.54) is 6.07 Å². The molecule has 0 spiro atoms. The molecular formula is C37H31N7O8S2. The van der Waals surface area contributed by atoms with E-state index in [1.807, 2.05) is 68.4 Å². The Kier molecular flexibility index (Phi) is 12.5. The predicted molar refractivity (Wildman–Crippen MR) is 204 cm³/mol. The quantitative estimate of drug-likeness (QED) is 0.0305. The highest BCUT2D eigenvalue weighted by Crippen LogP contribution is 2.45. The minimum absolute atomic E-state index is 0.0276. The van der Waals surface area contributed by atoms with Gasteiger partial charge in [0.1, 0.15) is 17.1 Å². The summed E-state index contributed by atoms with van der Waals surface area (Å²) in [5.74, 6) is -0.412. The van der Waals surface area contributed by atoms with E-state index in [0.29, 0.717) is 56.0 Å². The Hall–Kier alpha value is -5.76. The van der Waals surface area contributed by atoms with Gasteiger partial charge < -0.3 is 15.5 Å². The van der Waals surface area contributed by atoms with Gasteiger partial charge in [0.05, 0.1) is 51.7 Å². The molecule has 0 aliphatic rings. The van der Waals surface area contributed by atoms with E-state index in [1.54, 1.807) is 49.4 Å². The molecule has 0 bridgehead atoms. The first-order valence-corrected chi connectivity index (χ1v) is 17.4. The minimum atomic E-state index is -0.219. The normalized spacial score (nSPS) is 11.8. The SMILES string of the molecule is Cc1cc(N=Nc2cc(O)c(N=Nc3c(SOOO)cc4cc(Nc5ccccc5)ccc4c3O)cc2C)c(C)cc1N=Nc1ccc(SOOO)cc1. The van der Waals surface area contributed by atoms with Gasteiger partial charge in [0, 0.05) is 27.7 Å². The van der Waals surface area contributed by atoms with E-state index in [-0.39, 0.29) is 27.8 Å². The fourth-order valence-electron chi connectivity index (χ4n) is 5.13. The molecule has 0 atom stereocenters. The van der Waals surface area contributed by atoms with Gasteiger partial charge in [-0.1, -0.05) is 28.3 Å². The van der Waals surface area contributed by atoms with Gasteiger partial charge in [-0.25, -0.2) is 10.5 Å². The number of aromatic hydroxyl groups is 2. The van der Waals surface area contributed by atoms with Gasteiger partial charge >= 0.3 is 0 Å². The number of rotatable bonds is 14. The smallest absolute Gasteiger partial charge is 0.152 e. The Morgan fingerprint density at radius 1 is 0.556 bits per heavy atom. The van der Waals surface area contributed by atoms with Crippen molar-refractivity contribution in [3.8, 4) is 11.5 Å². The van der Waals surface area contributed by atoms with Gasteiger partial charge in [-0.15, -0.1) is 18.9 Å². The van der Waals surface area contributed by atoms with Gasteiger partial charge in [-0.05, 0) is 122 Å². The van der Waals surface area contributed by atoms with Crippen LogP contribution in [0.1, 0.15) is 16.7 Å². The van der Waals surface area contributed by atoms with Crippen LogP contribution in [-0.4, -0.2) is 20.7 Å². The second-order valence-electron chi connectivity index (χ2n) is 11.6. The number of benzene rings is 6. The van der Waals surface area contributed by atoms with Crippen LogP contribution < -0.4 is 5.32 Å². The summed E-state index contributed by atoms with van der Waals surface area (Å²) >= 11 is 1.47.